The lowest BCUT2D eigenvalue weighted by molar-refractivity contribution is 0.0105. The van der Waals surface area contributed by atoms with Gasteiger partial charge in [-0.05, 0) is 45.2 Å². The Balaban J connectivity index is 2.61. The Morgan fingerprint density at radius 3 is 2.33 bits per heavy atom. The zero-order valence-electron chi connectivity index (χ0n) is 12.7. The molecule has 0 aromatic heterocycles. The molecule has 1 aliphatic rings. The van der Waals surface area contributed by atoms with E-state index in [0.29, 0.717) is 11.5 Å². The molecule has 2 unspecified atom stereocenters. The molecule has 0 aliphatic heterocycles. The number of likely N-dealkylation sites (N-methyl/N-ethyl adjacent to an activating group) is 1. The molecule has 0 spiro atoms. The van der Waals surface area contributed by atoms with Crippen molar-refractivity contribution < 1.29 is 5.11 Å². The Morgan fingerprint density at radius 1 is 1.22 bits per heavy atom. The van der Waals surface area contributed by atoms with Crippen molar-refractivity contribution in [3.8, 4) is 0 Å². The van der Waals surface area contributed by atoms with E-state index in [-0.39, 0.29) is 6.10 Å². The molecule has 0 aromatic carbocycles. The van der Waals surface area contributed by atoms with E-state index in [9.17, 15) is 5.11 Å². The molecule has 2 N–H and O–H groups in total. The number of hydrogen-bond acceptors (Lipinski definition) is 3. The smallest absolute Gasteiger partial charge is 0.0695 e. The molecule has 3 heteroatoms. The summed E-state index contributed by atoms with van der Waals surface area (Å²) in [5.74, 6) is 0. The first-order valence-corrected chi connectivity index (χ1v) is 7.61. The molecule has 18 heavy (non-hydrogen) atoms. The third-order valence-corrected chi connectivity index (χ3v) is 4.90. The number of nitrogens with one attached hydrogen (secondary N) is 1. The molecular formula is C15H32N2O. The van der Waals surface area contributed by atoms with Gasteiger partial charge >= 0.3 is 0 Å². The van der Waals surface area contributed by atoms with Crippen molar-refractivity contribution in [1.29, 1.82) is 0 Å². The van der Waals surface area contributed by atoms with Crippen LogP contribution >= 0.6 is 0 Å². The van der Waals surface area contributed by atoms with Gasteiger partial charge in [0.05, 0.1) is 6.10 Å². The second-order valence-electron chi connectivity index (χ2n) is 6.07. The standard InChI is InChI=1S/C15H32N2O/c1-5-15(6-2,11-16-3)12-17(4)13-9-7-8-10-14(13)18/h13-14,16,18H,5-12H2,1-4H3. The van der Waals surface area contributed by atoms with Crippen LogP contribution in [0.1, 0.15) is 52.4 Å². The van der Waals surface area contributed by atoms with E-state index in [2.05, 4.69) is 31.1 Å². The highest BCUT2D eigenvalue weighted by molar-refractivity contribution is 4.87. The lowest BCUT2D eigenvalue weighted by atomic mass is 9.80. The van der Waals surface area contributed by atoms with Crippen LogP contribution in [-0.4, -0.2) is 49.3 Å². The van der Waals surface area contributed by atoms with Crippen LogP contribution in [0.15, 0.2) is 0 Å². The summed E-state index contributed by atoms with van der Waals surface area (Å²) in [5.41, 5.74) is 0.348. The highest BCUT2D eigenvalue weighted by Crippen LogP contribution is 2.30. The second kappa shape index (κ2) is 7.46. The maximum absolute atomic E-state index is 10.2. The molecule has 0 radical (unpaired) electrons. The van der Waals surface area contributed by atoms with E-state index in [4.69, 9.17) is 0 Å². The summed E-state index contributed by atoms with van der Waals surface area (Å²) in [4.78, 5) is 2.41. The largest absolute Gasteiger partial charge is 0.391 e. The summed E-state index contributed by atoms with van der Waals surface area (Å²) in [7, 11) is 4.23. The Morgan fingerprint density at radius 2 is 1.83 bits per heavy atom. The Kier molecular flexibility index (Phi) is 6.61. The summed E-state index contributed by atoms with van der Waals surface area (Å²) in [6, 6.07) is 0.369. The lowest BCUT2D eigenvalue weighted by Crippen LogP contribution is -2.49. The molecule has 0 aromatic rings. The quantitative estimate of drug-likeness (QED) is 0.733. The van der Waals surface area contributed by atoms with E-state index in [1.807, 2.05) is 7.05 Å². The van der Waals surface area contributed by atoms with E-state index in [1.165, 1.54) is 25.7 Å². The van der Waals surface area contributed by atoms with Crippen LogP contribution in [0.5, 0.6) is 0 Å². The first-order chi connectivity index (χ1) is 8.58. The van der Waals surface area contributed by atoms with Gasteiger partial charge in [0, 0.05) is 19.1 Å². The van der Waals surface area contributed by atoms with E-state index in [0.717, 1.165) is 25.9 Å². The average Bonchev–Trinajstić information content (AvgIpc) is 2.38. The van der Waals surface area contributed by atoms with Gasteiger partial charge in [0.1, 0.15) is 0 Å². The normalized spacial score (nSPS) is 25.7. The molecule has 0 heterocycles. The van der Waals surface area contributed by atoms with Gasteiger partial charge in [0.2, 0.25) is 0 Å². The van der Waals surface area contributed by atoms with Crippen LogP contribution < -0.4 is 5.32 Å². The van der Waals surface area contributed by atoms with Gasteiger partial charge in [-0.15, -0.1) is 0 Å². The summed E-state index contributed by atoms with van der Waals surface area (Å²) in [5, 5.41) is 13.5. The Hall–Kier alpha value is -0.120. The van der Waals surface area contributed by atoms with Gasteiger partial charge in [-0.3, -0.25) is 0 Å². The average molecular weight is 256 g/mol. The van der Waals surface area contributed by atoms with Gasteiger partial charge in [-0.1, -0.05) is 26.7 Å². The zero-order chi connectivity index (χ0) is 13.6. The molecule has 1 rings (SSSR count). The van der Waals surface area contributed by atoms with Crippen molar-refractivity contribution in [2.24, 2.45) is 5.41 Å². The van der Waals surface area contributed by atoms with Crippen LogP contribution in [0.3, 0.4) is 0 Å². The van der Waals surface area contributed by atoms with Gasteiger partial charge < -0.3 is 15.3 Å². The minimum atomic E-state index is -0.121. The van der Waals surface area contributed by atoms with Crippen LogP contribution in [0.25, 0.3) is 0 Å². The maximum Gasteiger partial charge on any atom is 0.0695 e. The number of nitrogens with zero attached hydrogens (tertiary/aromatic N) is 1. The Bertz CT molecular complexity index is 229. The van der Waals surface area contributed by atoms with Crippen molar-refractivity contribution in [2.75, 3.05) is 27.2 Å². The molecule has 3 nitrogen and oxygen atoms in total. The monoisotopic (exact) mass is 256 g/mol. The topological polar surface area (TPSA) is 35.5 Å². The van der Waals surface area contributed by atoms with Crippen molar-refractivity contribution in [2.45, 2.75) is 64.5 Å². The fraction of sp³-hybridized carbons (Fsp3) is 1.00. The number of hydrogen-bond donors (Lipinski definition) is 2. The molecule has 1 aliphatic carbocycles. The van der Waals surface area contributed by atoms with E-state index in [1.54, 1.807) is 0 Å². The molecule has 0 bridgehead atoms. The van der Waals surface area contributed by atoms with Crippen LogP contribution in [0, 0.1) is 5.41 Å². The summed E-state index contributed by atoms with van der Waals surface area (Å²) in [6.07, 6.45) is 6.85. The van der Waals surface area contributed by atoms with Gasteiger partial charge in [0.25, 0.3) is 0 Å². The highest BCUT2D eigenvalue weighted by Gasteiger charge is 2.32. The molecular weight excluding hydrogens is 224 g/mol. The van der Waals surface area contributed by atoms with Crippen molar-refractivity contribution >= 4 is 0 Å². The van der Waals surface area contributed by atoms with Crippen LogP contribution in [-0.2, 0) is 0 Å². The summed E-state index contributed by atoms with van der Waals surface area (Å²) < 4.78 is 0. The molecule has 0 saturated heterocycles. The van der Waals surface area contributed by atoms with Crippen LogP contribution in [0.4, 0.5) is 0 Å². The predicted octanol–water partition coefficient (Wildman–Crippen LogP) is 2.25. The number of aliphatic hydroxyl groups excluding tert-OH is 1. The van der Waals surface area contributed by atoms with E-state index >= 15 is 0 Å². The molecule has 2 atom stereocenters. The van der Waals surface area contributed by atoms with Crippen molar-refractivity contribution in [3.05, 3.63) is 0 Å². The van der Waals surface area contributed by atoms with Crippen molar-refractivity contribution in [1.82, 2.24) is 10.2 Å². The first-order valence-electron chi connectivity index (χ1n) is 7.61. The van der Waals surface area contributed by atoms with Gasteiger partial charge in [0.15, 0.2) is 0 Å². The van der Waals surface area contributed by atoms with Gasteiger partial charge in [-0.2, -0.15) is 0 Å². The zero-order valence-corrected chi connectivity index (χ0v) is 12.7. The number of rotatable bonds is 7. The Labute approximate surface area is 113 Å². The van der Waals surface area contributed by atoms with Crippen LogP contribution in [0.2, 0.25) is 0 Å². The maximum atomic E-state index is 10.2. The first kappa shape index (κ1) is 15.9. The molecule has 1 fully saturated rings. The molecule has 0 amide bonds. The molecule has 108 valence electrons. The fourth-order valence-corrected chi connectivity index (χ4v) is 3.41. The van der Waals surface area contributed by atoms with Crippen molar-refractivity contribution in [3.63, 3.8) is 0 Å². The minimum absolute atomic E-state index is 0.121. The third kappa shape index (κ3) is 3.94. The fourth-order valence-electron chi connectivity index (χ4n) is 3.41. The lowest BCUT2D eigenvalue weighted by Gasteiger charge is -2.42. The minimum Gasteiger partial charge on any atom is -0.391 e. The highest BCUT2D eigenvalue weighted by atomic mass is 16.3. The third-order valence-electron chi connectivity index (χ3n) is 4.90. The molecule has 1 saturated carbocycles. The summed E-state index contributed by atoms with van der Waals surface area (Å²) in [6.45, 7) is 6.72. The predicted molar refractivity (Wildman–Crippen MR) is 77.8 cm³/mol. The second-order valence-corrected chi connectivity index (χ2v) is 6.07. The van der Waals surface area contributed by atoms with Gasteiger partial charge in [-0.25, -0.2) is 0 Å². The SMILES string of the molecule is CCC(CC)(CNC)CN(C)C1CCCCC1O. The van der Waals surface area contributed by atoms with E-state index < -0.39 is 0 Å². The number of aliphatic hydroxyl groups is 1. The summed E-state index contributed by atoms with van der Waals surface area (Å²) >= 11 is 0.